The summed E-state index contributed by atoms with van der Waals surface area (Å²) >= 11 is 0. The molecule has 0 saturated carbocycles. The fraction of sp³-hybridized carbons (Fsp3) is 0.364. The smallest absolute Gasteiger partial charge is 0.265 e. The fourth-order valence-electron chi connectivity index (χ4n) is 5.39. The second-order valence-corrected chi connectivity index (χ2v) is 11.0. The zero-order valence-electron chi connectivity index (χ0n) is 24.6. The third-order valence-electron chi connectivity index (χ3n) is 7.93. The molecule has 0 aliphatic carbocycles. The van der Waals surface area contributed by atoms with E-state index in [9.17, 15) is 14.4 Å². The highest BCUT2D eigenvalue weighted by atomic mass is 16.5. The lowest BCUT2D eigenvalue weighted by molar-refractivity contribution is -0.128. The highest BCUT2D eigenvalue weighted by molar-refractivity contribution is 6.04. The van der Waals surface area contributed by atoms with E-state index in [-0.39, 0.29) is 30.4 Å². The zero-order valence-corrected chi connectivity index (χ0v) is 24.6. The highest BCUT2D eigenvalue weighted by Crippen LogP contribution is 2.36. The van der Waals surface area contributed by atoms with Crippen LogP contribution in [0.2, 0.25) is 0 Å². The summed E-state index contributed by atoms with van der Waals surface area (Å²) in [5.41, 5.74) is 6.48. The van der Waals surface area contributed by atoms with Crippen molar-refractivity contribution in [1.82, 2.24) is 10.2 Å². The number of carbonyl (C=O) groups excluding carboxylic acids is 3. The summed E-state index contributed by atoms with van der Waals surface area (Å²) in [6.45, 7) is 10.6. The molecule has 1 fully saturated rings. The molecule has 2 atom stereocenters. The van der Waals surface area contributed by atoms with Gasteiger partial charge in [-0.3, -0.25) is 24.2 Å². The number of anilines is 2. The third kappa shape index (κ3) is 6.64. The zero-order chi connectivity index (χ0) is 29.8. The summed E-state index contributed by atoms with van der Waals surface area (Å²) in [6, 6.07) is 18.7. The van der Waals surface area contributed by atoms with E-state index in [1.54, 1.807) is 11.8 Å². The standard InChI is InChI=1S/C33H38N4O5/c1-21-17-30-31(18-22(21)2)42-20-32(39)37(30)23(3)33(40)35-29(19-36-13-15-41-16-14-36)27-7-5-25(6-8-27)26-9-11-28(12-10-26)34-24(4)38/h5-12,17-18,23,29H,13-16,19-20H2,1-4H3,(H,34,38)(H,35,40). The topological polar surface area (TPSA) is 100 Å². The molecule has 9 nitrogen and oxygen atoms in total. The van der Waals surface area contributed by atoms with Gasteiger partial charge in [-0.15, -0.1) is 0 Å². The van der Waals surface area contributed by atoms with Crippen LogP contribution in [0.3, 0.4) is 0 Å². The van der Waals surface area contributed by atoms with Gasteiger partial charge in [0.2, 0.25) is 11.8 Å². The molecule has 2 aliphatic rings. The van der Waals surface area contributed by atoms with Crippen LogP contribution in [0.5, 0.6) is 5.75 Å². The molecule has 0 bridgehead atoms. The van der Waals surface area contributed by atoms with Gasteiger partial charge < -0.3 is 20.1 Å². The van der Waals surface area contributed by atoms with Crippen molar-refractivity contribution in [2.75, 3.05) is 49.7 Å². The Morgan fingerprint density at radius 3 is 2.19 bits per heavy atom. The van der Waals surface area contributed by atoms with Crippen LogP contribution in [0.25, 0.3) is 11.1 Å². The van der Waals surface area contributed by atoms with Gasteiger partial charge in [-0.05, 0) is 72.9 Å². The van der Waals surface area contributed by atoms with E-state index in [1.165, 1.54) is 6.92 Å². The Morgan fingerprint density at radius 1 is 0.929 bits per heavy atom. The maximum atomic E-state index is 13.8. The molecule has 2 heterocycles. The van der Waals surface area contributed by atoms with Crippen molar-refractivity contribution in [3.63, 3.8) is 0 Å². The average molecular weight is 571 g/mol. The summed E-state index contributed by atoms with van der Waals surface area (Å²) in [5.74, 6) is 0.0300. The van der Waals surface area contributed by atoms with Gasteiger partial charge in [-0.25, -0.2) is 0 Å². The van der Waals surface area contributed by atoms with Crippen LogP contribution in [0.4, 0.5) is 11.4 Å². The number of hydrogen-bond acceptors (Lipinski definition) is 6. The van der Waals surface area contributed by atoms with E-state index >= 15 is 0 Å². The number of hydrogen-bond donors (Lipinski definition) is 2. The molecule has 2 unspecified atom stereocenters. The first-order valence-electron chi connectivity index (χ1n) is 14.3. The quantitative estimate of drug-likeness (QED) is 0.421. The number of carbonyl (C=O) groups is 3. The van der Waals surface area contributed by atoms with Gasteiger partial charge in [0.15, 0.2) is 6.61 Å². The Balaban J connectivity index is 1.36. The Labute approximate surface area is 246 Å². The molecule has 0 aromatic heterocycles. The van der Waals surface area contributed by atoms with Crippen LogP contribution < -0.4 is 20.3 Å². The minimum atomic E-state index is -0.726. The number of morpholine rings is 1. The van der Waals surface area contributed by atoms with Crippen LogP contribution in [-0.2, 0) is 19.1 Å². The van der Waals surface area contributed by atoms with E-state index < -0.39 is 6.04 Å². The summed E-state index contributed by atoms with van der Waals surface area (Å²) < 4.78 is 11.2. The van der Waals surface area contributed by atoms with Gasteiger partial charge in [0.1, 0.15) is 11.8 Å². The largest absolute Gasteiger partial charge is 0.482 e. The van der Waals surface area contributed by atoms with Crippen molar-refractivity contribution >= 4 is 29.1 Å². The van der Waals surface area contributed by atoms with Crippen molar-refractivity contribution < 1.29 is 23.9 Å². The van der Waals surface area contributed by atoms with Gasteiger partial charge in [-0.1, -0.05) is 36.4 Å². The number of rotatable bonds is 8. The molecule has 2 N–H and O–H groups in total. The Kier molecular flexibility index (Phi) is 8.89. The number of benzene rings is 3. The van der Waals surface area contributed by atoms with E-state index in [4.69, 9.17) is 9.47 Å². The minimum absolute atomic E-state index is 0.0996. The molecule has 3 aromatic rings. The number of aryl methyl sites for hydroxylation is 2. The van der Waals surface area contributed by atoms with Crippen LogP contribution in [0, 0.1) is 13.8 Å². The van der Waals surface area contributed by atoms with Gasteiger partial charge in [-0.2, -0.15) is 0 Å². The van der Waals surface area contributed by atoms with Crippen molar-refractivity contribution in [2.45, 2.75) is 39.8 Å². The first-order valence-corrected chi connectivity index (χ1v) is 14.3. The molecular formula is C33H38N4O5. The third-order valence-corrected chi connectivity index (χ3v) is 7.93. The van der Waals surface area contributed by atoms with Gasteiger partial charge in [0.05, 0.1) is 24.9 Å². The van der Waals surface area contributed by atoms with E-state index in [0.29, 0.717) is 31.2 Å². The van der Waals surface area contributed by atoms with Crippen LogP contribution in [-0.4, -0.2) is 68.1 Å². The highest BCUT2D eigenvalue weighted by Gasteiger charge is 2.34. The van der Waals surface area contributed by atoms with Crippen molar-refractivity contribution in [3.05, 3.63) is 77.4 Å². The number of fused-ring (bicyclic) bond motifs is 1. The lowest BCUT2D eigenvalue weighted by Crippen LogP contribution is -2.53. The number of nitrogens with zero attached hydrogens (tertiary/aromatic N) is 2. The number of ether oxygens (including phenoxy) is 2. The van der Waals surface area contributed by atoms with Gasteiger partial charge in [0, 0.05) is 32.2 Å². The molecule has 220 valence electrons. The maximum absolute atomic E-state index is 13.8. The summed E-state index contributed by atoms with van der Waals surface area (Å²) in [4.78, 5) is 41.9. The molecule has 9 heteroatoms. The molecule has 0 radical (unpaired) electrons. The normalized spacial score (nSPS) is 16.7. The average Bonchev–Trinajstić information content (AvgIpc) is 2.98. The van der Waals surface area contributed by atoms with Gasteiger partial charge >= 0.3 is 0 Å². The first-order chi connectivity index (χ1) is 20.2. The summed E-state index contributed by atoms with van der Waals surface area (Å²) in [6.07, 6.45) is 0. The molecule has 1 saturated heterocycles. The molecule has 0 spiro atoms. The maximum Gasteiger partial charge on any atom is 0.265 e. The molecule has 2 aliphatic heterocycles. The van der Waals surface area contributed by atoms with E-state index in [0.717, 1.165) is 46.6 Å². The number of amides is 3. The number of nitrogens with one attached hydrogen (secondary N) is 2. The second-order valence-electron chi connectivity index (χ2n) is 11.0. The monoisotopic (exact) mass is 570 g/mol. The van der Waals surface area contributed by atoms with Crippen LogP contribution in [0.1, 0.15) is 36.6 Å². The van der Waals surface area contributed by atoms with Crippen molar-refractivity contribution in [1.29, 1.82) is 0 Å². The Morgan fingerprint density at radius 2 is 1.55 bits per heavy atom. The predicted molar refractivity (Wildman–Crippen MR) is 163 cm³/mol. The SMILES string of the molecule is CC(=O)Nc1ccc(-c2ccc(C(CN3CCOCC3)NC(=O)C(C)N3C(=O)COc4cc(C)c(C)cc43)cc2)cc1. The first kappa shape index (κ1) is 29.3. The fourth-order valence-corrected chi connectivity index (χ4v) is 5.39. The molecule has 42 heavy (non-hydrogen) atoms. The minimum Gasteiger partial charge on any atom is -0.482 e. The molecule has 5 rings (SSSR count). The Hall–Kier alpha value is -4.21. The van der Waals surface area contributed by atoms with Crippen molar-refractivity contribution in [2.24, 2.45) is 0 Å². The van der Waals surface area contributed by atoms with Crippen molar-refractivity contribution in [3.8, 4) is 16.9 Å². The lowest BCUT2D eigenvalue weighted by Gasteiger charge is -2.35. The predicted octanol–water partition coefficient (Wildman–Crippen LogP) is 4.23. The summed E-state index contributed by atoms with van der Waals surface area (Å²) in [7, 11) is 0. The van der Waals surface area contributed by atoms with E-state index in [1.807, 2.05) is 74.5 Å². The summed E-state index contributed by atoms with van der Waals surface area (Å²) in [5, 5.41) is 6.03. The van der Waals surface area contributed by atoms with Gasteiger partial charge in [0.25, 0.3) is 5.91 Å². The Bertz CT molecular complexity index is 1450. The van der Waals surface area contributed by atoms with Crippen LogP contribution in [0.15, 0.2) is 60.7 Å². The molecular weight excluding hydrogens is 532 g/mol. The van der Waals surface area contributed by atoms with Crippen LogP contribution >= 0.6 is 0 Å². The molecule has 3 aromatic carbocycles. The molecule has 3 amide bonds. The lowest BCUT2D eigenvalue weighted by atomic mass is 9.99. The van der Waals surface area contributed by atoms with E-state index in [2.05, 4.69) is 15.5 Å². The second kappa shape index (κ2) is 12.8.